The molecule has 1 aromatic carbocycles. The van der Waals surface area contributed by atoms with Crippen LogP contribution in [-0.2, 0) is 9.59 Å². The van der Waals surface area contributed by atoms with E-state index in [1.807, 2.05) is 0 Å². The van der Waals surface area contributed by atoms with E-state index < -0.39 is 30.0 Å². The third-order valence-electron chi connectivity index (χ3n) is 4.47. The molecule has 1 heterocycles. The zero-order valence-corrected chi connectivity index (χ0v) is 15.3. The summed E-state index contributed by atoms with van der Waals surface area (Å²) in [5.41, 5.74) is 0.772. The Balaban J connectivity index is 1.89. The third-order valence-corrected chi connectivity index (χ3v) is 4.47. The first-order valence-electron chi connectivity index (χ1n) is 8.69. The van der Waals surface area contributed by atoms with Crippen molar-refractivity contribution < 1.29 is 27.5 Å². The number of carbonyl (C=O) groups excluding carboxylic acids is 2. The van der Waals surface area contributed by atoms with E-state index in [1.54, 1.807) is 37.5 Å². The van der Waals surface area contributed by atoms with Crippen molar-refractivity contribution in [2.24, 2.45) is 5.92 Å². The van der Waals surface area contributed by atoms with E-state index >= 15 is 0 Å². The Kier molecular flexibility index (Phi) is 6.87. The Morgan fingerprint density at radius 1 is 1.30 bits per heavy atom. The lowest BCUT2D eigenvalue weighted by molar-refractivity contribution is -0.188. The smallest absolute Gasteiger partial charge is 0.393 e. The van der Waals surface area contributed by atoms with Crippen LogP contribution in [-0.4, -0.2) is 49.1 Å². The molecule has 2 atom stereocenters. The molecular weight excluding hydrogens is 361 g/mol. The molecule has 0 bridgehead atoms. The van der Waals surface area contributed by atoms with Crippen LogP contribution in [0.1, 0.15) is 25.3 Å². The van der Waals surface area contributed by atoms with Crippen molar-refractivity contribution in [1.29, 1.82) is 0 Å². The summed E-state index contributed by atoms with van der Waals surface area (Å²) in [5.74, 6) is -1.81. The fourth-order valence-corrected chi connectivity index (χ4v) is 2.93. The van der Waals surface area contributed by atoms with E-state index in [4.69, 9.17) is 4.74 Å². The quantitative estimate of drug-likeness (QED) is 0.794. The molecule has 8 heteroatoms. The number of piperidine rings is 1. The van der Waals surface area contributed by atoms with Gasteiger partial charge in [0.2, 0.25) is 11.8 Å². The van der Waals surface area contributed by atoms with Gasteiger partial charge >= 0.3 is 6.18 Å². The van der Waals surface area contributed by atoms with Crippen molar-refractivity contribution in [3.8, 4) is 5.75 Å². The molecule has 1 fully saturated rings. The molecule has 27 heavy (non-hydrogen) atoms. The summed E-state index contributed by atoms with van der Waals surface area (Å²) >= 11 is 0. The number of amides is 2. The van der Waals surface area contributed by atoms with Gasteiger partial charge in [0.15, 0.2) is 0 Å². The molecule has 0 spiro atoms. The molecule has 2 unspecified atom stereocenters. The Morgan fingerprint density at radius 2 is 1.96 bits per heavy atom. The van der Waals surface area contributed by atoms with E-state index in [0.29, 0.717) is 12.2 Å². The summed E-state index contributed by atoms with van der Waals surface area (Å²) in [4.78, 5) is 25.5. The highest BCUT2D eigenvalue weighted by Crippen LogP contribution is 2.33. The number of likely N-dealkylation sites (tertiary alicyclic amines) is 1. The van der Waals surface area contributed by atoms with Crippen LogP contribution >= 0.6 is 0 Å². The summed E-state index contributed by atoms with van der Waals surface area (Å²) in [6.45, 7) is 1.39. The standard InChI is InChI=1S/C19H23F3N2O3/c1-13(18(26)24-11-3-4-15(12-24)19(20,21)22)23-17(25)10-7-14-5-8-16(27-2)9-6-14/h5-10,13,15H,3-4,11-12H2,1-2H3,(H,23,25)/b10-7+. The monoisotopic (exact) mass is 384 g/mol. The molecule has 5 nitrogen and oxygen atoms in total. The average Bonchev–Trinajstić information content (AvgIpc) is 2.65. The van der Waals surface area contributed by atoms with Gasteiger partial charge in [-0.05, 0) is 43.5 Å². The van der Waals surface area contributed by atoms with Gasteiger partial charge in [-0.1, -0.05) is 12.1 Å². The molecule has 2 amide bonds. The highest BCUT2D eigenvalue weighted by molar-refractivity contribution is 5.95. The van der Waals surface area contributed by atoms with Crippen LogP contribution in [0.4, 0.5) is 13.2 Å². The number of nitrogens with one attached hydrogen (secondary N) is 1. The number of methoxy groups -OCH3 is 1. The van der Waals surface area contributed by atoms with Crippen LogP contribution in [0.2, 0.25) is 0 Å². The van der Waals surface area contributed by atoms with Gasteiger partial charge in [-0.2, -0.15) is 13.2 Å². The number of hydrogen-bond donors (Lipinski definition) is 1. The lowest BCUT2D eigenvalue weighted by atomic mass is 9.97. The molecule has 0 saturated carbocycles. The SMILES string of the molecule is COc1ccc(/C=C/C(=O)NC(C)C(=O)N2CCCC(C(F)(F)F)C2)cc1. The molecule has 0 radical (unpaired) electrons. The maximum Gasteiger partial charge on any atom is 0.393 e. The van der Waals surface area contributed by atoms with Crippen molar-refractivity contribution in [2.45, 2.75) is 32.0 Å². The molecule has 1 aliphatic heterocycles. The molecule has 1 saturated heterocycles. The highest BCUT2D eigenvalue weighted by Gasteiger charge is 2.43. The molecule has 1 aliphatic rings. The Bertz CT molecular complexity index is 686. The highest BCUT2D eigenvalue weighted by atomic mass is 19.4. The van der Waals surface area contributed by atoms with Crippen molar-refractivity contribution in [3.05, 3.63) is 35.9 Å². The van der Waals surface area contributed by atoms with Gasteiger partial charge in [0, 0.05) is 19.2 Å². The second kappa shape index (κ2) is 8.92. The zero-order chi connectivity index (χ0) is 20.0. The van der Waals surface area contributed by atoms with Gasteiger partial charge in [-0.15, -0.1) is 0 Å². The summed E-state index contributed by atoms with van der Waals surface area (Å²) in [5, 5.41) is 2.50. The first-order chi connectivity index (χ1) is 12.7. The topological polar surface area (TPSA) is 58.6 Å². The van der Waals surface area contributed by atoms with E-state index in [-0.39, 0.29) is 19.5 Å². The van der Waals surface area contributed by atoms with E-state index in [9.17, 15) is 22.8 Å². The molecule has 1 aromatic rings. The van der Waals surface area contributed by atoms with E-state index in [2.05, 4.69) is 5.32 Å². The van der Waals surface area contributed by atoms with Gasteiger partial charge in [0.25, 0.3) is 0 Å². The fraction of sp³-hybridized carbons (Fsp3) is 0.474. The van der Waals surface area contributed by atoms with Gasteiger partial charge in [0.1, 0.15) is 11.8 Å². The maximum absolute atomic E-state index is 12.9. The first-order valence-corrected chi connectivity index (χ1v) is 8.69. The molecule has 0 aromatic heterocycles. The number of benzene rings is 1. The lowest BCUT2D eigenvalue weighted by Gasteiger charge is -2.35. The number of nitrogens with zero attached hydrogens (tertiary/aromatic N) is 1. The Morgan fingerprint density at radius 3 is 2.56 bits per heavy atom. The molecule has 148 valence electrons. The van der Waals surface area contributed by atoms with Crippen molar-refractivity contribution in [3.63, 3.8) is 0 Å². The lowest BCUT2D eigenvalue weighted by Crippen LogP contribution is -2.51. The summed E-state index contributed by atoms with van der Waals surface area (Å²) < 4.78 is 43.7. The molecule has 1 N–H and O–H groups in total. The van der Waals surface area contributed by atoms with Gasteiger partial charge in [-0.25, -0.2) is 0 Å². The second-order valence-corrected chi connectivity index (χ2v) is 6.50. The third kappa shape index (κ3) is 6.01. The second-order valence-electron chi connectivity index (χ2n) is 6.50. The van der Waals surface area contributed by atoms with Crippen LogP contribution in [0.15, 0.2) is 30.3 Å². The van der Waals surface area contributed by atoms with Crippen LogP contribution < -0.4 is 10.1 Å². The van der Waals surface area contributed by atoms with E-state index in [1.165, 1.54) is 17.9 Å². The molecule has 0 aliphatic carbocycles. The van der Waals surface area contributed by atoms with E-state index in [0.717, 1.165) is 5.56 Å². The number of alkyl halides is 3. The van der Waals surface area contributed by atoms with Gasteiger partial charge < -0.3 is 15.0 Å². The predicted molar refractivity (Wildman–Crippen MR) is 95.0 cm³/mol. The van der Waals surface area contributed by atoms with Crippen LogP contribution in [0.5, 0.6) is 5.75 Å². The maximum atomic E-state index is 12.9. The van der Waals surface area contributed by atoms with Crippen LogP contribution in [0.25, 0.3) is 6.08 Å². The summed E-state index contributed by atoms with van der Waals surface area (Å²) in [6.07, 6.45) is -1.13. The summed E-state index contributed by atoms with van der Waals surface area (Å²) in [6, 6.07) is 6.13. The normalized spacial score (nSPS) is 19.0. The zero-order valence-electron chi connectivity index (χ0n) is 15.3. The van der Waals surface area contributed by atoms with Crippen LogP contribution in [0.3, 0.4) is 0 Å². The Labute approximate surface area is 156 Å². The minimum atomic E-state index is -4.31. The molecular formula is C19H23F3N2O3. The minimum Gasteiger partial charge on any atom is -0.497 e. The number of halogens is 3. The Hall–Kier alpha value is -2.51. The number of ether oxygens (including phenoxy) is 1. The summed E-state index contributed by atoms with van der Waals surface area (Å²) in [7, 11) is 1.55. The van der Waals surface area contributed by atoms with Gasteiger partial charge in [-0.3, -0.25) is 9.59 Å². The van der Waals surface area contributed by atoms with Crippen molar-refractivity contribution in [1.82, 2.24) is 10.2 Å². The molecule has 2 rings (SSSR count). The first kappa shape index (κ1) is 20.8. The fourth-order valence-electron chi connectivity index (χ4n) is 2.93. The van der Waals surface area contributed by atoms with Crippen molar-refractivity contribution >= 4 is 17.9 Å². The number of carbonyl (C=O) groups is 2. The number of rotatable bonds is 5. The minimum absolute atomic E-state index is 0.0264. The van der Waals surface area contributed by atoms with Gasteiger partial charge in [0.05, 0.1) is 13.0 Å². The van der Waals surface area contributed by atoms with Crippen LogP contribution in [0, 0.1) is 5.92 Å². The number of hydrogen-bond acceptors (Lipinski definition) is 3. The average molecular weight is 384 g/mol. The predicted octanol–water partition coefficient (Wildman–Crippen LogP) is 3.01. The van der Waals surface area contributed by atoms with Crippen molar-refractivity contribution in [2.75, 3.05) is 20.2 Å². The largest absolute Gasteiger partial charge is 0.497 e.